The summed E-state index contributed by atoms with van der Waals surface area (Å²) in [4.78, 5) is 40.8. The standard InChI is InChI=1S/C35H38N8O3/c1-35(2,3)46-34(45)42-22-27(23-42)21-40-12-14-41(15-13-40)30-19-37-33(38-20-30)29-9-5-7-26(17-29)24-43-32(44)11-10-31(39-43)28-8-4-6-25(16-28)18-36/h4-11,16-17,19-20,27H,12-15,21-24H2,1-3H3. The molecule has 0 aliphatic carbocycles. The van der Waals surface area contributed by atoms with E-state index in [0.29, 0.717) is 29.5 Å². The van der Waals surface area contributed by atoms with Gasteiger partial charge in [-0.2, -0.15) is 10.4 Å². The van der Waals surface area contributed by atoms with Crippen molar-refractivity contribution in [3.05, 3.63) is 94.5 Å². The van der Waals surface area contributed by atoms with Crippen LogP contribution in [0.2, 0.25) is 0 Å². The van der Waals surface area contributed by atoms with Crippen molar-refractivity contribution in [1.82, 2.24) is 29.5 Å². The first-order valence-corrected chi connectivity index (χ1v) is 15.6. The molecule has 6 rings (SSSR count). The highest BCUT2D eigenvalue weighted by Gasteiger charge is 2.35. The molecule has 11 heteroatoms. The lowest BCUT2D eigenvalue weighted by Gasteiger charge is -2.43. The molecule has 11 nitrogen and oxygen atoms in total. The number of nitriles is 1. The largest absolute Gasteiger partial charge is 0.444 e. The summed E-state index contributed by atoms with van der Waals surface area (Å²) in [6.45, 7) is 12.1. The maximum absolute atomic E-state index is 12.6. The Morgan fingerprint density at radius 1 is 0.957 bits per heavy atom. The van der Waals surface area contributed by atoms with Gasteiger partial charge in [0.05, 0.1) is 42.0 Å². The van der Waals surface area contributed by atoms with Gasteiger partial charge in [0.1, 0.15) is 5.60 Å². The first kappa shape index (κ1) is 30.9. The Balaban J connectivity index is 1.03. The maximum atomic E-state index is 12.6. The predicted molar refractivity (Wildman–Crippen MR) is 175 cm³/mol. The highest BCUT2D eigenvalue weighted by Crippen LogP contribution is 2.24. The van der Waals surface area contributed by atoms with Crippen LogP contribution in [0.15, 0.2) is 77.9 Å². The van der Waals surface area contributed by atoms with E-state index in [0.717, 1.165) is 68.2 Å². The Morgan fingerprint density at radius 2 is 1.67 bits per heavy atom. The summed E-state index contributed by atoms with van der Waals surface area (Å²) >= 11 is 0. The number of rotatable bonds is 7. The third kappa shape index (κ3) is 7.41. The van der Waals surface area contributed by atoms with Crippen molar-refractivity contribution in [2.24, 2.45) is 5.92 Å². The number of nitrogens with zero attached hydrogens (tertiary/aromatic N) is 8. The quantitative estimate of drug-likeness (QED) is 0.299. The molecule has 0 spiro atoms. The fraction of sp³-hybridized carbons (Fsp3) is 0.371. The number of anilines is 1. The summed E-state index contributed by atoms with van der Waals surface area (Å²) in [6.07, 6.45) is 3.53. The molecule has 4 heterocycles. The van der Waals surface area contributed by atoms with Gasteiger partial charge in [0, 0.05) is 68.9 Å². The minimum absolute atomic E-state index is 0.207. The number of hydrogen-bond donors (Lipinski definition) is 0. The Labute approximate surface area is 268 Å². The smallest absolute Gasteiger partial charge is 0.410 e. The molecule has 0 bridgehead atoms. The summed E-state index contributed by atoms with van der Waals surface area (Å²) in [7, 11) is 0. The number of amides is 1. The van der Waals surface area contributed by atoms with Crippen LogP contribution in [0.25, 0.3) is 22.6 Å². The Bertz CT molecular complexity index is 1790. The average Bonchev–Trinajstić information content (AvgIpc) is 3.03. The van der Waals surface area contributed by atoms with Crippen LogP contribution in [0.5, 0.6) is 0 Å². The van der Waals surface area contributed by atoms with Gasteiger partial charge in [0.25, 0.3) is 5.56 Å². The van der Waals surface area contributed by atoms with E-state index >= 15 is 0 Å². The molecule has 2 aromatic carbocycles. The summed E-state index contributed by atoms with van der Waals surface area (Å²) in [6, 6.07) is 20.3. The van der Waals surface area contributed by atoms with Crippen LogP contribution in [-0.2, 0) is 11.3 Å². The zero-order valence-electron chi connectivity index (χ0n) is 26.5. The predicted octanol–water partition coefficient (Wildman–Crippen LogP) is 4.28. The van der Waals surface area contributed by atoms with Gasteiger partial charge in [-0.15, -0.1) is 0 Å². The number of aromatic nitrogens is 4. The van der Waals surface area contributed by atoms with E-state index in [1.807, 2.05) is 63.5 Å². The van der Waals surface area contributed by atoms with Crippen molar-refractivity contribution in [2.45, 2.75) is 32.9 Å². The van der Waals surface area contributed by atoms with Crippen LogP contribution < -0.4 is 10.5 Å². The summed E-state index contributed by atoms with van der Waals surface area (Å²) < 4.78 is 6.90. The second-order valence-electron chi connectivity index (χ2n) is 12.9. The van der Waals surface area contributed by atoms with Crippen LogP contribution in [0, 0.1) is 17.2 Å². The lowest BCUT2D eigenvalue weighted by Crippen LogP contribution is -2.57. The molecule has 46 heavy (non-hydrogen) atoms. The van der Waals surface area contributed by atoms with Gasteiger partial charge >= 0.3 is 6.09 Å². The molecule has 2 aromatic heterocycles. The molecule has 1 amide bonds. The molecule has 0 radical (unpaired) electrons. The van der Waals surface area contributed by atoms with Gasteiger partial charge in [-0.05, 0) is 50.6 Å². The second kappa shape index (κ2) is 13.1. The Morgan fingerprint density at radius 3 is 2.39 bits per heavy atom. The number of ether oxygens (including phenoxy) is 1. The molecule has 2 aliphatic rings. The van der Waals surface area contributed by atoms with Crippen molar-refractivity contribution in [3.8, 4) is 28.7 Å². The molecule has 2 fully saturated rings. The highest BCUT2D eigenvalue weighted by atomic mass is 16.6. The molecule has 0 saturated carbocycles. The van der Waals surface area contributed by atoms with Crippen LogP contribution in [0.3, 0.4) is 0 Å². The van der Waals surface area contributed by atoms with E-state index in [2.05, 4.69) is 30.9 Å². The number of hydrogen-bond acceptors (Lipinski definition) is 9. The van der Waals surface area contributed by atoms with Gasteiger partial charge in [-0.1, -0.05) is 30.3 Å². The summed E-state index contributed by atoms with van der Waals surface area (Å²) in [5.41, 5.74) is 4.03. The van der Waals surface area contributed by atoms with Crippen LogP contribution >= 0.6 is 0 Å². The number of carbonyl (C=O) groups excluding carboxylic acids is 1. The van der Waals surface area contributed by atoms with E-state index in [9.17, 15) is 14.9 Å². The topological polar surface area (TPSA) is 120 Å². The lowest BCUT2D eigenvalue weighted by molar-refractivity contribution is -0.00657. The fourth-order valence-corrected chi connectivity index (χ4v) is 5.79. The van der Waals surface area contributed by atoms with Gasteiger partial charge in [0.15, 0.2) is 5.82 Å². The van der Waals surface area contributed by atoms with Crippen molar-refractivity contribution in [2.75, 3.05) is 50.7 Å². The van der Waals surface area contributed by atoms with E-state index in [4.69, 9.17) is 4.74 Å². The summed E-state index contributed by atoms with van der Waals surface area (Å²) in [5, 5.41) is 13.8. The first-order valence-electron chi connectivity index (χ1n) is 15.6. The third-order valence-corrected chi connectivity index (χ3v) is 8.17. The molecule has 2 aliphatic heterocycles. The van der Waals surface area contributed by atoms with Crippen LogP contribution in [0.4, 0.5) is 10.5 Å². The summed E-state index contributed by atoms with van der Waals surface area (Å²) in [5.74, 6) is 1.10. The van der Waals surface area contributed by atoms with Gasteiger partial charge in [0.2, 0.25) is 0 Å². The second-order valence-corrected chi connectivity index (χ2v) is 12.9. The van der Waals surface area contributed by atoms with Crippen LogP contribution in [-0.4, -0.2) is 87.1 Å². The van der Waals surface area contributed by atoms with Gasteiger partial charge < -0.3 is 14.5 Å². The lowest BCUT2D eigenvalue weighted by atomic mass is 10.00. The molecule has 0 atom stereocenters. The van der Waals surface area contributed by atoms with Crippen molar-refractivity contribution < 1.29 is 9.53 Å². The molecular formula is C35H38N8O3. The molecular weight excluding hydrogens is 580 g/mol. The molecule has 0 N–H and O–H groups in total. The zero-order chi connectivity index (χ0) is 32.3. The number of benzene rings is 2. The highest BCUT2D eigenvalue weighted by molar-refractivity contribution is 5.69. The van der Waals surface area contributed by atoms with Gasteiger partial charge in [-0.3, -0.25) is 9.69 Å². The van der Waals surface area contributed by atoms with E-state index in [-0.39, 0.29) is 11.7 Å². The van der Waals surface area contributed by atoms with Crippen molar-refractivity contribution in [3.63, 3.8) is 0 Å². The third-order valence-electron chi connectivity index (χ3n) is 8.17. The number of likely N-dealkylation sites (tertiary alicyclic amines) is 1. The minimum Gasteiger partial charge on any atom is -0.444 e. The molecule has 4 aromatic rings. The SMILES string of the molecule is CC(C)(C)OC(=O)N1CC(CN2CCN(c3cnc(-c4cccc(Cn5nc(-c6cccc(C#N)c6)ccc5=O)c4)nc3)CC2)C1. The minimum atomic E-state index is -0.466. The Kier molecular flexibility index (Phi) is 8.81. The Hall–Kier alpha value is -5.08. The molecule has 0 unspecified atom stereocenters. The number of piperazine rings is 1. The first-order chi connectivity index (χ1) is 22.1. The number of carbonyl (C=O) groups is 1. The zero-order valence-corrected chi connectivity index (χ0v) is 26.5. The molecule has 236 valence electrons. The average molecular weight is 619 g/mol. The van der Waals surface area contributed by atoms with E-state index in [1.54, 1.807) is 29.2 Å². The van der Waals surface area contributed by atoms with Crippen LogP contribution in [0.1, 0.15) is 31.9 Å². The van der Waals surface area contributed by atoms with E-state index in [1.165, 1.54) is 10.7 Å². The van der Waals surface area contributed by atoms with Crippen molar-refractivity contribution in [1.29, 1.82) is 5.26 Å². The normalized spacial score (nSPS) is 15.7. The van der Waals surface area contributed by atoms with Crippen molar-refractivity contribution >= 4 is 11.8 Å². The van der Waals surface area contributed by atoms with Gasteiger partial charge in [-0.25, -0.2) is 19.4 Å². The van der Waals surface area contributed by atoms with E-state index < -0.39 is 5.60 Å². The monoisotopic (exact) mass is 618 g/mol. The maximum Gasteiger partial charge on any atom is 0.410 e. The molecule has 2 saturated heterocycles. The fourth-order valence-electron chi connectivity index (χ4n) is 5.79.